The molecule has 1 aromatic heterocycles. The summed E-state index contributed by atoms with van der Waals surface area (Å²) in [5.41, 5.74) is 3.74. The molecule has 1 heterocycles. The highest BCUT2D eigenvalue weighted by Crippen LogP contribution is 2.21. The molecule has 0 amide bonds. The van der Waals surface area contributed by atoms with Crippen LogP contribution in [0.3, 0.4) is 0 Å². The molecule has 1 aliphatic carbocycles. The third-order valence-corrected chi connectivity index (χ3v) is 4.51. The molecule has 0 spiro atoms. The first-order valence-corrected chi connectivity index (χ1v) is 8.44. The van der Waals surface area contributed by atoms with Gasteiger partial charge in [0.15, 0.2) is 0 Å². The van der Waals surface area contributed by atoms with Gasteiger partial charge in [-0.05, 0) is 45.1 Å². The molecule has 23 heavy (non-hydrogen) atoms. The normalized spacial score (nSPS) is 15.6. The van der Waals surface area contributed by atoms with Crippen LogP contribution < -0.4 is 10.3 Å². The summed E-state index contributed by atoms with van der Waals surface area (Å²) in [7, 11) is 0. The standard InChI is InChI=1S/C19H24N2O2/c1-13-7-6-8-15(11-13)12-17-14(2)18(22)21-19(20-17)23-16-9-4-3-5-10-16/h6-8,11,16H,3-5,9-10,12H2,1-2H3,(H,20,21,22). The second kappa shape index (κ2) is 6.99. The highest BCUT2D eigenvalue weighted by atomic mass is 16.5. The molecule has 0 atom stereocenters. The van der Waals surface area contributed by atoms with Crippen molar-refractivity contribution in [2.75, 3.05) is 0 Å². The van der Waals surface area contributed by atoms with Crippen molar-refractivity contribution in [3.05, 3.63) is 57.0 Å². The lowest BCUT2D eigenvalue weighted by Gasteiger charge is -2.22. The Balaban J connectivity index is 1.83. The van der Waals surface area contributed by atoms with Gasteiger partial charge in [0.05, 0.1) is 5.69 Å². The number of aromatic nitrogens is 2. The molecule has 4 nitrogen and oxygen atoms in total. The summed E-state index contributed by atoms with van der Waals surface area (Å²) >= 11 is 0. The fraction of sp³-hybridized carbons (Fsp3) is 0.474. The Labute approximate surface area is 136 Å². The van der Waals surface area contributed by atoms with E-state index in [0.29, 0.717) is 18.0 Å². The number of nitrogens with one attached hydrogen (secondary N) is 1. The average molecular weight is 312 g/mol. The fourth-order valence-corrected chi connectivity index (χ4v) is 3.14. The fourth-order valence-electron chi connectivity index (χ4n) is 3.14. The van der Waals surface area contributed by atoms with Gasteiger partial charge in [-0.2, -0.15) is 0 Å². The van der Waals surface area contributed by atoms with E-state index in [1.165, 1.54) is 24.8 Å². The van der Waals surface area contributed by atoms with Gasteiger partial charge in [-0.3, -0.25) is 9.78 Å². The zero-order valence-corrected chi connectivity index (χ0v) is 13.9. The van der Waals surface area contributed by atoms with Gasteiger partial charge < -0.3 is 4.74 Å². The Hall–Kier alpha value is -2.10. The van der Waals surface area contributed by atoms with Crippen LogP contribution in [0.4, 0.5) is 0 Å². The number of benzene rings is 1. The largest absolute Gasteiger partial charge is 0.461 e. The van der Waals surface area contributed by atoms with Gasteiger partial charge in [-0.15, -0.1) is 0 Å². The molecule has 1 N–H and O–H groups in total. The summed E-state index contributed by atoms with van der Waals surface area (Å²) in [4.78, 5) is 19.5. The van der Waals surface area contributed by atoms with E-state index in [1.807, 2.05) is 13.0 Å². The average Bonchev–Trinajstić information content (AvgIpc) is 2.53. The number of nitrogens with zero attached hydrogens (tertiary/aromatic N) is 1. The maximum Gasteiger partial charge on any atom is 0.296 e. The van der Waals surface area contributed by atoms with Crippen molar-refractivity contribution in [1.82, 2.24) is 9.97 Å². The lowest BCUT2D eigenvalue weighted by molar-refractivity contribution is 0.141. The van der Waals surface area contributed by atoms with Crippen molar-refractivity contribution in [3.8, 4) is 6.01 Å². The van der Waals surface area contributed by atoms with Crippen LogP contribution in [0.1, 0.15) is 54.5 Å². The van der Waals surface area contributed by atoms with Gasteiger partial charge in [0.1, 0.15) is 6.10 Å². The lowest BCUT2D eigenvalue weighted by atomic mass is 9.98. The third kappa shape index (κ3) is 4.01. The van der Waals surface area contributed by atoms with Crippen LogP contribution in [-0.2, 0) is 6.42 Å². The molecule has 2 aromatic rings. The molecule has 3 rings (SSSR count). The molecule has 0 aliphatic heterocycles. The summed E-state index contributed by atoms with van der Waals surface area (Å²) < 4.78 is 5.93. The molecule has 1 fully saturated rings. The van der Waals surface area contributed by atoms with E-state index in [1.54, 1.807) is 0 Å². The van der Waals surface area contributed by atoms with Crippen LogP contribution in [0.5, 0.6) is 6.01 Å². The minimum absolute atomic E-state index is 0.103. The van der Waals surface area contributed by atoms with Crippen LogP contribution in [0, 0.1) is 13.8 Å². The Morgan fingerprint density at radius 3 is 2.74 bits per heavy atom. The zero-order chi connectivity index (χ0) is 16.2. The number of ether oxygens (including phenoxy) is 1. The van der Waals surface area contributed by atoms with Crippen molar-refractivity contribution >= 4 is 0 Å². The molecule has 0 saturated heterocycles. The first-order chi connectivity index (χ1) is 11.1. The number of hydrogen-bond acceptors (Lipinski definition) is 3. The van der Waals surface area contributed by atoms with Crippen LogP contribution in [-0.4, -0.2) is 16.1 Å². The minimum Gasteiger partial charge on any atom is -0.461 e. The van der Waals surface area contributed by atoms with Crippen molar-refractivity contribution in [3.63, 3.8) is 0 Å². The van der Waals surface area contributed by atoms with Crippen LogP contribution in [0.15, 0.2) is 29.1 Å². The van der Waals surface area contributed by atoms with E-state index >= 15 is 0 Å². The summed E-state index contributed by atoms with van der Waals surface area (Å²) in [6.07, 6.45) is 6.58. The molecule has 0 bridgehead atoms. The second-order valence-electron chi connectivity index (χ2n) is 6.49. The zero-order valence-electron chi connectivity index (χ0n) is 13.9. The summed E-state index contributed by atoms with van der Waals surface area (Å²) in [6, 6.07) is 8.67. The van der Waals surface area contributed by atoms with Gasteiger partial charge in [0, 0.05) is 12.0 Å². The van der Waals surface area contributed by atoms with Gasteiger partial charge in [0.25, 0.3) is 11.6 Å². The topological polar surface area (TPSA) is 55.0 Å². The quantitative estimate of drug-likeness (QED) is 0.936. The monoisotopic (exact) mass is 312 g/mol. The number of hydrogen-bond donors (Lipinski definition) is 1. The van der Waals surface area contributed by atoms with Crippen molar-refractivity contribution in [2.45, 2.75) is 58.5 Å². The minimum atomic E-state index is -0.103. The molecular formula is C19H24N2O2. The molecule has 0 unspecified atom stereocenters. The van der Waals surface area contributed by atoms with Gasteiger partial charge in [-0.1, -0.05) is 36.2 Å². The van der Waals surface area contributed by atoms with E-state index in [2.05, 4.69) is 35.1 Å². The molecule has 1 aliphatic rings. The number of H-pyrrole nitrogens is 1. The molecule has 1 saturated carbocycles. The van der Waals surface area contributed by atoms with E-state index in [9.17, 15) is 4.79 Å². The Morgan fingerprint density at radius 1 is 1.22 bits per heavy atom. The highest BCUT2D eigenvalue weighted by Gasteiger charge is 2.17. The highest BCUT2D eigenvalue weighted by molar-refractivity contribution is 5.29. The molecule has 4 heteroatoms. The van der Waals surface area contributed by atoms with Crippen molar-refractivity contribution in [1.29, 1.82) is 0 Å². The predicted molar refractivity (Wildman–Crippen MR) is 91.1 cm³/mol. The summed E-state index contributed by atoms with van der Waals surface area (Å²) in [5.74, 6) is 0. The molecule has 122 valence electrons. The summed E-state index contributed by atoms with van der Waals surface area (Å²) in [5, 5.41) is 0. The van der Waals surface area contributed by atoms with Gasteiger partial charge in [-0.25, -0.2) is 4.98 Å². The van der Waals surface area contributed by atoms with E-state index in [0.717, 1.165) is 24.1 Å². The van der Waals surface area contributed by atoms with Crippen molar-refractivity contribution in [2.24, 2.45) is 0 Å². The first kappa shape index (κ1) is 15.8. The lowest BCUT2D eigenvalue weighted by Crippen LogP contribution is -2.24. The van der Waals surface area contributed by atoms with Gasteiger partial charge in [0.2, 0.25) is 0 Å². The number of aromatic amines is 1. The van der Waals surface area contributed by atoms with E-state index < -0.39 is 0 Å². The summed E-state index contributed by atoms with van der Waals surface area (Å²) in [6.45, 7) is 3.89. The van der Waals surface area contributed by atoms with Crippen molar-refractivity contribution < 1.29 is 4.74 Å². The maximum absolute atomic E-state index is 12.2. The SMILES string of the molecule is Cc1cccc(Cc2nc(OC3CCCCC3)[nH]c(=O)c2C)c1. The first-order valence-electron chi connectivity index (χ1n) is 8.44. The Kier molecular flexibility index (Phi) is 4.79. The van der Waals surface area contributed by atoms with Crippen LogP contribution in [0.2, 0.25) is 0 Å². The molecular weight excluding hydrogens is 288 g/mol. The maximum atomic E-state index is 12.2. The third-order valence-electron chi connectivity index (χ3n) is 4.51. The van der Waals surface area contributed by atoms with Crippen LogP contribution >= 0.6 is 0 Å². The van der Waals surface area contributed by atoms with E-state index in [4.69, 9.17) is 4.74 Å². The second-order valence-corrected chi connectivity index (χ2v) is 6.49. The Bertz CT molecular complexity index is 730. The Morgan fingerprint density at radius 2 is 2.00 bits per heavy atom. The van der Waals surface area contributed by atoms with Crippen LogP contribution in [0.25, 0.3) is 0 Å². The molecule has 1 aromatic carbocycles. The van der Waals surface area contributed by atoms with Gasteiger partial charge >= 0.3 is 0 Å². The number of rotatable bonds is 4. The smallest absolute Gasteiger partial charge is 0.296 e. The predicted octanol–water partition coefficient (Wildman–Crippen LogP) is 3.69. The van der Waals surface area contributed by atoms with E-state index in [-0.39, 0.29) is 11.7 Å². The number of aryl methyl sites for hydroxylation is 1. The molecule has 0 radical (unpaired) electrons.